The van der Waals surface area contributed by atoms with Crippen LogP contribution >= 0.6 is 0 Å². The molecule has 0 saturated carbocycles. The quantitative estimate of drug-likeness (QED) is 0.889. The van der Waals surface area contributed by atoms with Gasteiger partial charge in [-0.2, -0.15) is 0 Å². The molecule has 0 aliphatic rings. The maximum absolute atomic E-state index is 12.3. The Morgan fingerprint density at radius 2 is 1.86 bits per heavy atom. The molecule has 3 N–H and O–H groups in total. The van der Waals surface area contributed by atoms with Crippen LogP contribution in [0.2, 0.25) is 0 Å². The van der Waals surface area contributed by atoms with Crippen LogP contribution in [0.3, 0.4) is 0 Å². The zero-order valence-corrected chi connectivity index (χ0v) is 12.6. The first-order valence-electron chi connectivity index (χ1n) is 6.86. The predicted molar refractivity (Wildman–Crippen MR) is 85.0 cm³/mol. The minimum atomic E-state index is -0.565. The fraction of sp³-hybridized carbons (Fsp3) is 0.176. The van der Waals surface area contributed by atoms with Crippen LogP contribution in [0.25, 0.3) is 0 Å². The van der Waals surface area contributed by atoms with Gasteiger partial charge >= 0.3 is 0 Å². The fourth-order valence-corrected chi connectivity index (χ4v) is 1.96. The Hall–Kier alpha value is -2.82. The average molecular weight is 298 g/mol. The van der Waals surface area contributed by atoms with Crippen molar-refractivity contribution in [1.29, 1.82) is 0 Å². The Balaban J connectivity index is 2.14. The molecule has 0 aliphatic heterocycles. The van der Waals surface area contributed by atoms with Gasteiger partial charge in [-0.15, -0.1) is 0 Å². The lowest BCUT2D eigenvalue weighted by Gasteiger charge is -2.11. The van der Waals surface area contributed by atoms with E-state index in [1.165, 1.54) is 0 Å². The standard InChI is InChI=1S/C17H18N2O3/c1-11-5-3-8-15(12(11)2)19-17(21)13-6-4-7-14(9-13)22-10-16(18)20/h3-9H,10H2,1-2H3,(H2,18,20)(H,19,21). The molecule has 2 aromatic rings. The maximum Gasteiger partial charge on any atom is 0.255 e. The summed E-state index contributed by atoms with van der Waals surface area (Å²) < 4.78 is 5.20. The van der Waals surface area contributed by atoms with Gasteiger partial charge in [0.05, 0.1) is 0 Å². The van der Waals surface area contributed by atoms with E-state index >= 15 is 0 Å². The minimum Gasteiger partial charge on any atom is -0.484 e. The number of anilines is 1. The van der Waals surface area contributed by atoms with E-state index in [2.05, 4.69) is 5.32 Å². The Labute approximate surface area is 129 Å². The zero-order valence-electron chi connectivity index (χ0n) is 12.6. The second kappa shape index (κ2) is 6.76. The molecule has 0 radical (unpaired) electrons. The van der Waals surface area contributed by atoms with Crippen molar-refractivity contribution in [1.82, 2.24) is 0 Å². The smallest absolute Gasteiger partial charge is 0.255 e. The highest BCUT2D eigenvalue weighted by Crippen LogP contribution is 2.20. The van der Waals surface area contributed by atoms with E-state index in [9.17, 15) is 9.59 Å². The summed E-state index contributed by atoms with van der Waals surface area (Å²) in [5.74, 6) is -0.379. The van der Waals surface area contributed by atoms with Crippen LogP contribution in [0.5, 0.6) is 5.75 Å². The molecule has 2 aromatic carbocycles. The molecule has 114 valence electrons. The lowest BCUT2D eigenvalue weighted by atomic mass is 10.1. The second-order valence-corrected chi connectivity index (χ2v) is 4.98. The largest absolute Gasteiger partial charge is 0.484 e. The summed E-state index contributed by atoms with van der Waals surface area (Å²) in [6.07, 6.45) is 0. The Kier molecular flexibility index (Phi) is 4.78. The summed E-state index contributed by atoms with van der Waals surface area (Å²) >= 11 is 0. The summed E-state index contributed by atoms with van der Waals surface area (Å²) in [5.41, 5.74) is 8.38. The normalized spacial score (nSPS) is 10.1. The highest BCUT2D eigenvalue weighted by molar-refractivity contribution is 6.04. The number of benzene rings is 2. The van der Waals surface area contributed by atoms with Crippen LogP contribution < -0.4 is 15.8 Å². The molecular weight excluding hydrogens is 280 g/mol. The van der Waals surface area contributed by atoms with Gasteiger partial charge in [0.15, 0.2) is 6.61 Å². The van der Waals surface area contributed by atoms with Crippen LogP contribution in [0.4, 0.5) is 5.69 Å². The van der Waals surface area contributed by atoms with E-state index in [-0.39, 0.29) is 12.5 Å². The summed E-state index contributed by atoms with van der Waals surface area (Å²) in [5, 5.41) is 2.87. The molecule has 0 fully saturated rings. The molecule has 0 heterocycles. The lowest BCUT2D eigenvalue weighted by Crippen LogP contribution is -2.20. The van der Waals surface area contributed by atoms with E-state index in [1.54, 1.807) is 24.3 Å². The Morgan fingerprint density at radius 1 is 1.14 bits per heavy atom. The molecule has 0 bridgehead atoms. The van der Waals surface area contributed by atoms with Gasteiger partial charge in [-0.25, -0.2) is 0 Å². The van der Waals surface area contributed by atoms with Crippen molar-refractivity contribution in [3.8, 4) is 5.75 Å². The van der Waals surface area contributed by atoms with Gasteiger partial charge in [-0.05, 0) is 49.2 Å². The number of amides is 2. The summed E-state index contributed by atoms with van der Waals surface area (Å²) in [4.78, 5) is 23.0. The molecule has 5 nitrogen and oxygen atoms in total. The van der Waals surface area contributed by atoms with Gasteiger partial charge in [-0.1, -0.05) is 18.2 Å². The van der Waals surface area contributed by atoms with Crippen molar-refractivity contribution in [3.05, 3.63) is 59.2 Å². The number of hydrogen-bond donors (Lipinski definition) is 2. The van der Waals surface area contributed by atoms with Crippen molar-refractivity contribution >= 4 is 17.5 Å². The number of nitrogens with two attached hydrogens (primary N) is 1. The second-order valence-electron chi connectivity index (χ2n) is 4.98. The summed E-state index contributed by atoms with van der Waals surface area (Å²) in [6, 6.07) is 12.3. The van der Waals surface area contributed by atoms with Crippen molar-refractivity contribution in [2.75, 3.05) is 11.9 Å². The highest BCUT2D eigenvalue weighted by Gasteiger charge is 2.09. The van der Waals surface area contributed by atoms with Crippen LogP contribution in [0.1, 0.15) is 21.5 Å². The molecule has 0 aromatic heterocycles. The van der Waals surface area contributed by atoms with E-state index in [1.807, 2.05) is 32.0 Å². The SMILES string of the molecule is Cc1cccc(NC(=O)c2cccc(OCC(N)=O)c2)c1C. The van der Waals surface area contributed by atoms with Gasteiger partial charge in [-0.3, -0.25) is 9.59 Å². The number of rotatable bonds is 5. The van der Waals surface area contributed by atoms with Crippen molar-refractivity contribution < 1.29 is 14.3 Å². The van der Waals surface area contributed by atoms with Crippen LogP contribution in [0.15, 0.2) is 42.5 Å². The molecule has 5 heteroatoms. The topological polar surface area (TPSA) is 81.4 Å². The number of hydrogen-bond acceptors (Lipinski definition) is 3. The number of nitrogens with one attached hydrogen (secondary N) is 1. The number of ether oxygens (including phenoxy) is 1. The first-order valence-corrected chi connectivity index (χ1v) is 6.86. The molecule has 0 spiro atoms. The third-order valence-electron chi connectivity index (χ3n) is 3.33. The van der Waals surface area contributed by atoms with Gasteiger partial charge in [0.1, 0.15) is 5.75 Å². The van der Waals surface area contributed by atoms with Gasteiger partial charge in [0, 0.05) is 11.3 Å². The molecule has 0 aliphatic carbocycles. The first-order chi connectivity index (χ1) is 10.5. The van der Waals surface area contributed by atoms with Gasteiger partial charge < -0.3 is 15.8 Å². The van der Waals surface area contributed by atoms with Crippen LogP contribution in [0, 0.1) is 13.8 Å². The summed E-state index contributed by atoms with van der Waals surface area (Å²) in [7, 11) is 0. The average Bonchev–Trinajstić information content (AvgIpc) is 2.50. The molecule has 0 saturated heterocycles. The van der Waals surface area contributed by atoms with Crippen molar-refractivity contribution in [2.45, 2.75) is 13.8 Å². The third-order valence-corrected chi connectivity index (χ3v) is 3.33. The number of carbonyl (C=O) groups excluding carboxylic acids is 2. The first kappa shape index (κ1) is 15.6. The number of aryl methyl sites for hydroxylation is 1. The molecule has 22 heavy (non-hydrogen) atoms. The maximum atomic E-state index is 12.3. The number of primary amides is 1. The Morgan fingerprint density at radius 3 is 2.59 bits per heavy atom. The monoisotopic (exact) mass is 298 g/mol. The molecule has 2 amide bonds. The molecular formula is C17H18N2O3. The van der Waals surface area contributed by atoms with Crippen LogP contribution in [-0.2, 0) is 4.79 Å². The number of carbonyl (C=O) groups is 2. The predicted octanol–water partition coefficient (Wildman–Crippen LogP) is 2.42. The van der Waals surface area contributed by atoms with E-state index < -0.39 is 5.91 Å². The van der Waals surface area contributed by atoms with Crippen molar-refractivity contribution in [2.24, 2.45) is 5.73 Å². The zero-order chi connectivity index (χ0) is 16.1. The summed E-state index contributed by atoms with van der Waals surface area (Å²) in [6.45, 7) is 3.72. The van der Waals surface area contributed by atoms with Crippen LogP contribution in [-0.4, -0.2) is 18.4 Å². The minimum absolute atomic E-state index is 0.220. The van der Waals surface area contributed by atoms with Crippen molar-refractivity contribution in [3.63, 3.8) is 0 Å². The lowest BCUT2D eigenvalue weighted by molar-refractivity contribution is -0.119. The molecule has 0 atom stereocenters. The highest BCUT2D eigenvalue weighted by atomic mass is 16.5. The van der Waals surface area contributed by atoms with Gasteiger partial charge in [0.2, 0.25) is 0 Å². The van der Waals surface area contributed by atoms with Gasteiger partial charge in [0.25, 0.3) is 11.8 Å². The third kappa shape index (κ3) is 3.85. The van der Waals surface area contributed by atoms with E-state index in [0.29, 0.717) is 11.3 Å². The Bertz CT molecular complexity index is 711. The molecule has 2 rings (SSSR count). The molecule has 0 unspecified atom stereocenters. The fourth-order valence-electron chi connectivity index (χ4n) is 1.96. The van der Waals surface area contributed by atoms with E-state index in [4.69, 9.17) is 10.5 Å². The van der Waals surface area contributed by atoms with E-state index in [0.717, 1.165) is 16.8 Å².